The summed E-state index contributed by atoms with van der Waals surface area (Å²) in [5.74, 6) is 0. The number of phosphoric acid groups is 1. The number of hydrogen-bond donors (Lipinski definition) is 12. The highest BCUT2D eigenvalue weighted by Gasteiger charge is 2.46. The molecule has 0 radical (unpaired) electrons. The van der Waals surface area contributed by atoms with Crippen molar-refractivity contribution in [1.29, 1.82) is 0 Å². The van der Waals surface area contributed by atoms with E-state index in [1.807, 2.05) is 4.98 Å². The monoisotopic (exact) mass is 584 g/mol. The van der Waals surface area contributed by atoms with Crippen molar-refractivity contribution in [2.45, 2.75) is 49.0 Å². The average Bonchev–Trinajstić information content (AvgIpc) is 3.09. The van der Waals surface area contributed by atoms with Crippen molar-refractivity contribution < 1.29 is 78.5 Å². The Morgan fingerprint density at radius 1 is 1.05 bits per heavy atom. The number of H-pyrrole nitrogens is 1. The largest absolute Gasteiger partial charge is 0.477 e. The number of carbonyl (C=O) groups excluding carboxylic acids is 1. The molecule has 12 N–H and O–H groups in total. The highest BCUT2D eigenvalue weighted by Crippen LogP contribution is 2.58. The normalized spacial score (nSPS) is 26.8. The Morgan fingerprint density at radius 2 is 1.62 bits per heavy atom. The van der Waals surface area contributed by atoms with Crippen LogP contribution in [0, 0.1) is 0 Å². The van der Waals surface area contributed by atoms with Crippen LogP contribution in [0.5, 0.6) is 0 Å². The number of aliphatic hydroxyl groups excluding tert-OH is 8. The second kappa shape index (κ2) is 13.4. The summed E-state index contributed by atoms with van der Waals surface area (Å²) in [6.07, 6.45) is -13.1. The summed E-state index contributed by atoms with van der Waals surface area (Å²) in [7, 11) is -11.2. The van der Waals surface area contributed by atoms with Gasteiger partial charge in [-0.25, -0.2) is 13.7 Å². The first-order chi connectivity index (χ1) is 16.9. The highest BCUT2D eigenvalue weighted by molar-refractivity contribution is 7.76. The zero-order valence-corrected chi connectivity index (χ0v) is 20.1. The molecule has 214 valence electrons. The van der Waals surface area contributed by atoms with E-state index in [0.717, 1.165) is 16.8 Å². The van der Waals surface area contributed by atoms with Gasteiger partial charge in [0.2, 0.25) is 0 Å². The van der Waals surface area contributed by atoms with Crippen molar-refractivity contribution >= 4 is 20.9 Å². The summed E-state index contributed by atoms with van der Waals surface area (Å²) < 4.78 is 30.9. The van der Waals surface area contributed by atoms with Gasteiger partial charge in [0.15, 0.2) is 12.3 Å². The van der Waals surface area contributed by atoms with Crippen LogP contribution < -0.4 is 11.2 Å². The quantitative estimate of drug-likeness (QED) is 0.114. The van der Waals surface area contributed by atoms with Gasteiger partial charge in [0.25, 0.3) is 11.1 Å². The van der Waals surface area contributed by atoms with Gasteiger partial charge in [-0.05, 0) is 0 Å². The summed E-state index contributed by atoms with van der Waals surface area (Å²) in [4.78, 5) is 61.1. The number of ether oxygens (including phenoxy) is 1. The Bertz CT molecular complexity index is 1120. The molecule has 37 heavy (non-hydrogen) atoms. The molecule has 1 aromatic heterocycles. The SMILES string of the molecule is O=C([C@H](O)[C@@H](O)[C@H](O)[C@H](O)CO)P(=O)(O)OP(=O)(O)O.O=c1ccn([C@@H]2O[C@H](CO)[C@@H](O)[C@H]2O)c(=O)[nH]1. The van der Waals surface area contributed by atoms with Gasteiger partial charge < -0.3 is 60.3 Å². The molecule has 0 spiro atoms. The van der Waals surface area contributed by atoms with Crippen LogP contribution in [0.3, 0.4) is 0 Å². The minimum absolute atomic E-state index is 0.479. The molecule has 9 atom stereocenters. The predicted molar refractivity (Wildman–Crippen MR) is 113 cm³/mol. The number of nitrogens with one attached hydrogen (secondary N) is 1. The van der Waals surface area contributed by atoms with Gasteiger partial charge in [-0.15, -0.1) is 0 Å². The van der Waals surface area contributed by atoms with Crippen LogP contribution in [0.1, 0.15) is 6.23 Å². The van der Waals surface area contributed by atoms with E-state index < -0.39 is 94.4 Å². The molecule has 22 heteroatoms. The minimum atomic E-state index is -5.66. The van der Waals surface area contributed by atoms with Crippen LogP contribution in [-0.2, 0) is 23.0 Å². The first kappa shape index (κ1) is 33.3. The second-order valence-corrected chi connectivity index (χ2v) is 10.5. The van der Waals surface area contributed by atoms with Crippen LogP contribution in [0.25, 0.3) is 0 Å². The standard InChI is InChI=1S/C9H12N2O6.C6H14O12P2/c12-3-4-6(14)7(15)8(17-4)11-2-1-5(13)10-9(11)16;7-1-2(8)3(9)4(10)5(11)6(12)19(13,14)18-20(15,16)17/h1-2,4,6-8,12,14-15H,3H2,(H,10,13,16);2-5,7-11H,1H2,(H,13,14)(H2,15,16,17)/t4-,6-,7-,8-;2-,3-,4+,5-/m11/s1. The van der Waals surface area contributed by atoms with E-state index in [0.29, 0.717) is 0 Å². The summed E-state index contributed by atoms with van der Waals surface area (Å²) in [6.45, 7) is -1.54. The molecule has 0 aliphatic carbocycles. The molecular weight excluding hydrogens is 558 g/mol. The lowest BCUT2D eigenvalue weighted by molar-refractivity contribution is -0.141. The number of carbonyl (C=O) groups is 1. The van der Waals surface area contributed by atoms with Crippen molar-refractivity contribution in [3.05, 3.63) is 33.1 Å². The Morgan fingerprint density at radius 3 is 2.05 bits per heavy atom. The lowest BCUT2D eigenvalue weighted by Gasteiger charge is -2.25. The van der Waals surface area contributed by atoms with Crippen molar-refractivity contribution in [3.63, 3.8) is 0 Å². The number of rotatable bonds is 10. The van der Waals surface area contributed by atoms with Gasteiger partial charge in [-0.2, -0.15) is 0 Å². The van der Waals surface area contributed by atoms with Crippen molar-refractivity contribution in [2.24, 2.45) is 0 Å². The van der Waals surface area contributed by atoms with Crippen LogP contribution in [0.2, 0.25) is 0 Å². The number of aromatic nitrogens is 2. The van der Waals surface area contributed by atoms with Gasteiger partial charge in [0.1, 0.15) is 36.6 Å². The maximum absolute atomic E-state index is 11.4. The smallest absolute Gasteiger partial charge is 0.394 e. The zero-order valence-electron chi connectivity index (χ0n) is 18.3. The van der Waals surface area contributed by atoms with Crippen LogP contribution in [0.4, 0.5) is 0 Å². The molecule has 20 nitrogen and oxygen atoms in total. The molecule has 1 aromatic rings. The number of hydrogen-bond acceptors (Lipinski definition) is 15. The molecular formula is C15H26N2O18P2. The first-order valence-corrected chi connectivity index (χ1v) is 12.9. The summed E-state index contributed by atoms with van der Waals surface area (Å²) in [6, 6.07) is 1.09. The zero-order chi connectivity index (χ0) is 28.9. The van der Waals surface area contributed by atoms with Gasteiger partial charge in [-0.1, -0.05) is 0 Å². The maximum atomic E-state index is 11.4. The third-order valence-electron chi connectivity index (χ3n) is 4.65. The van der Waals surface area contributed by atoms with Crippen LogP contribution >= 0.6 is 15.4 Å². The summed E-state index contributed by atoms with van der Waals surface area (Å²) in [5.41, 5.74) is -3.54. The van der Waals surface area contributed by atoms with E-state index in [1.165, 1.54) is 0 Å². The molecule has 1 aliphatic heterocycles. The summed E-state index contributed by atoms with van der Waals surface area (Å²) in [5, 5.41) is 73.1. The highest BCUT2D eigenvalue weighted by atomic mass is 31.3. The van der Waals surface area contributed by atoms with E-state index in [9.17, 15) is 43.9 Å². The molecule has 2 heterocycles. The van der Waals surface area contributed by atoms with E-state index in [-0.39, 0.29) is 0 Å². The Kier molecular flexibility index (Phi) is 12.0. The lowest BCUT2D eigenvalue weighted by Crippen LogP contribution is -2.48. The summed E-state index contributed by atoms with van der Waals surface area (Å²) >= 11 is 0. The van der Waals surface area contributed by atoms with Crippen molar-refractivity contribution in [1.82, 2.24) is 9.55 Å². The molecule has 0 bridgehead atoms. The third kappa shape index (κ3) is 8.93. The Labute approximate surface area is 205 Å². The van der Waals surface area contributed by atoms with Crippen LogP contribution in [0.15, 0.2) is 21.9 Å². The number of aliphatic hydroxyl groups is 8. The molecule has 1 unspecified atom stereocenters. The molecule has 1 saturated heterocycles. The van der Waals surface area contributed by atoms with E-state index >= 15 is 0 Å². The second-order valence-electron chi connectivity index (χ2n) is 7.35. The molecule has 0 amide bonds. The van der Waals surface area contributed by atoms with E-state index in [2.05, 4.69) is 4.31 Å². The van der Waals surface area contributed by atoms with Gasteiger partial charge in [0.05, 0.1) is 13.2 Å². The maximum Gasteiger partial charge on any atom is 0.477 e. The molecule has 1 fully saturated rings. The minimum Gasteiger partial charge on any atom is -0.394 e. The van der Waals surface area contributed by atoms with E-state index in [4.69, 9.17) is 39.8 Å². The fraction of sp³-hybridized carbons (Fsp3) is 0.667. The predicted octanol–water partition coefficient (Wildman–Crippen LogP) is -6.61. The number of aromatic amines is 1. The Balaban J connectivity index is 0.000000373. The molecule has 0 aromatic carbocycles. The number of nitrogens with zero attached hydrogens (tertiary/aromatic N) is 1. The Hall–Kier alpha value is -1.71. The topological polar surface area (TPSA) is 347 Å². The van der Waals surface area contributed by atoms with Gasteiger partial charge >= 0.3 is 21.1 Å². The fourth-order valence-corrected chi connectivity index (χ4v) is 4.72. The first-order valence-electron chi connectivity index (χ1n) is 9.79. The van der Waals surface area contributed by atoms with Crippen molar-refractivity contribution in [3.8, 4) is 0 Å². The third-order valence-corrected chi connectivity index (χ3v) is 7.20. The molecule has 1 aliphatic rings. The average molecular weight is 584 g/mol. The molecule has 2 rings (SSSR count). The molecule has 0 saturated carbocycles. The fourth-order valence-electron chi connectivity index (χ4n) is 2.76. The van der Waals surface area contributed by atoms with E-state index in [1.54, 1.807) is 0 Å². The van der Waals surface area contributed by atoms with Gasteiger partial charge in [0, 0.05) is 12.3 Å². The lowest BCUT2D eigenvalue weighted by atomic mass is 10.0. The van der Waals surface area contributed by atoms with Gasteiger partial charge in [-0.3, -0.25) is 23.7 Å². The van der Waals surface area contributed by atoms with Crippen LogP contribution in [-0.4, -0.2) is 127 Å². The van der Waals surface area contributed by atoms with Crippen molar-refractivity contribution in [2.75, 3.05) is 13.2 Å².